The second-order valence-corrected chi connectivity index (χ2v) is 6.11. The molecule has 4 heteroatoms. The van der Waals surface area contributed by atoms with Crippen molar-refractivity contribution >= 4 is 11.9 Å². The van der Waals surface area contributed by atoms with E-state index in [9.17, 15) is 14.7 Å². The number of benzene rings is 1. The summed E-state index contributed by atoms with van der Waals surface area (Å²) in [5.41, 5.74) is 1.64. The molecule has 4 nitrogen and oxygen atoms in total. The van der Waals surface area contributed by atoms with Gasteiger partial charge in [-0.25, -0.2) is 4.79 Å². The van der Waals surface area contributed by atoms with Crippen LogP contribution in [0.15, 0.2) is 18.2 Å². The summed E-state index contributed by atoms with van der Waals surface area (Å²) in [6.45, 7) is 3.78. The maximum absolute atomic E-state index is 12.2. The van der Waals surface area contributed by atoms with Crippen molar-refractivity contribution in [2.45, 2.75) is 57.9 Å². The van der Waals surface area contributed by atoms with E-state index in [0.29, 0.717) is 11.5 Å². The summed E-state index contributed by atoms with van der Waals surface area (Å²) in [7, 11) is 0. The Morgan fingerprint density at radius 1 is 1.10 bits per heavy atom. The smallest absolute Gasteiger partial charge is 0.335 e. The van der Waals surface area contributed by atoms with E-state index < -0.39 is 5.97 Å². The molecule has 0 bridgehead atoms. The van der Waals surface area contributed by atoms with Crippen LogP contribution in [0.2, 0.25) is 0 Å². The lowest BCUT2D eigenvalue weighted by Gasteiger charge is -2.23. The van der Waals surface area contributed by atoms with Crippen LogP contribution in [0.1, 0.15) is 78.1 Å². The number of amides is 1. The molecule has 1 saturated carbocycles. The molecular formula is C17H23NO3. The zero-order valence-corrected chi connectivity index (χ0v) is 12.7. The van der Waals surface area contributed by atoms with Crippen LogP contribution in [-0.4, -0.2) is 23.0 Å². The van der Waals surface area contributed by atoms with Crippen molar-refractivity contribution in [1.29, 1.82) is 0 Å². The zero-order chi connectivity index (χ0) is 15.4. The Morgan fingerprint density at radius 2 is 1.71 bits per heavy atom. The van der Waals surface area contributed by atoms with Crippen LogP contribution in [0.3, 0.4) is 0 Å². The lowest BCUT2D eigenvalue weighted by Crippen LogP contribution is -2.30. The number of hydrogen-bond donors (Lipinski definition) is 2. The molecule has 0 radical (unpaired) electrons. The van der Waals surface area contributed by atoms with Crippen molar-refractivity contribution in [2.24, 2.45) is 0 Å². The average molecular weight is 289 g/mol. The topological polar surface area (TPSA) is 66.4 Å². The van der Waals surface area contributed by atoms with Gasteiger partial charge < -0.3 is 10.4 Å². The molecule has 2 rings (SSSR count). The van der Waals surface area contributed by atoms with Crippen LogP contribution >= 0.6 is 0 Å². The average Bonchev–Trinajstić information content (AvgIpc) is 2.47. The van der Waals surface area contributed by atoms with Gasteiger partial charge in [0.05, 0.1) is 5.56 Å². The molecule has 1 aliphatic carbocycles. The second-order valence-electron chi connectivity index (χ2n) is 6.11. The van der Waals surface area contributed by atoms with Gasteiger partial charge in [0.25, 0.3) is 5.91 Å². The molecule has 1 aromatic rings. The monoisotopic (exact) mass is 289 g/mol. The zero-order valence-electron chi connectivity index (χ0n) is 12.7. The van der Waals surface area contributed by atoms with Gasteiger partial charge in [-0.2, -0.15) is 0 Å². The highest BCUT2D eigenvalue weighted by atomic mass is 16.4. The molecule has 2 N–H and O–H groups in total. The van der Waals surface area contributed by atoms with Crippen LogP contribution in [-0.2, 0) is 0 Å². The third-order valence-electron chi connectivity index (χ3n) is 3.96. The normalized spacial score (nSPS) is 16.0. The minimum atomic E-state index is -0.980. The number of hydrogen-bond acceptors (Lipinski definition) is 2. The highest BCUT2D eigenvalue weighted by molar-refractivity contribution is 5.98. The molecule has 0 atom stereocenters. The highest BCUT2D eigenvalue weighted by Gasteiger charge is 2.20. The van der Waals surface area contributed by atoms with Gasteiger partial charge in [0.1, 0.15) is 0 Å². The molecule has 1 aliphatic rings. The minimum absolute atomic E-state index is 0.0316. The Hall–Kier alpha value is -1.84. The third-order valence-corrected chi connectivity index (χ3v) is 3.96. The predicted octanol–water partition coefficient (Wildman–Crippen LogP) is 3.57. The van der Waals surface area contributed by atoms with Crippen LogP contribution < -0.4 is 5.32 Å². The first kappa shape index (κ1) is 15.5. The van der Waals surface area contributed by atoms with Crippen molar-refractivity contribution in [3.8, 4) is 0 Å². The summed E-state index contributed by atoms with van der Waals surface area (Å²) < 4.78 is 0. The van der Waals surface area contributed by atoms with E-state index in [1.54, 1.807) is 6.07 Å². The fraction of sp³-hybridized carbons (Fsp3) is 0.529. The van der Waals surface area contributed by atoms with Crippen molar-refractivity contribution in [2.75, 3.05) is 0 Å². The largest absolute Gasteiger partial charge is 0.478 e. The van der Waals surface area contributed by atoms with E-state index in [1.807, 2.05) is 19.9 Å². The molecule has 0 spiro atoms. The molecule has 0 aliphatic heterocycles. The summed E-state index contributed by atoms with van der Waals surface area (Å²) in [6, 6.07) is 5.08. The lowest BCUT2D eigenvalue weighted by molar-refractivity contribution is 0.0696. The number of carboxylic acids is 1. The van der Waals surface area contributed by atoms with Crippen LogP contribution in [0.4, 0.5) is 0 Å². The van der Waals surface area contributed by atoms with Gasteiger partial charge in [0.2, 0.25) is 0 Å². The van der Waals surface area contributed by atoms with E-state index in [-0.39, 0.29) is 17.5 Å². The first-order valence-electron chi connectivity index (χ1n) is 7.66. The molecule has 1 aromatic carbocycles. The molecule has 0 saturated heterocycles. The van der Waals surface area contributed by atoms with E-state index >= 15 is 0 Å². The fourth-order valence-electron chi connectivity index (χ4n) is 2.92. The Morgan fingerprint density at radius 3 is 2.29 bits per heavy atom. The molecule has 0 heterocycles. The van der Waals surface area contributed by atoms with Gasteiger partial charge in [-0.15, -0.1) is 0 Å². The first-order valence-corrected chi connectivity index (χ1v) is 7.66. The SMILES string of the molecule is CC(C)NC(=O)c1cc(C(=O)O)cc(C2CCCCC2)c1. The Kier molecular flexibility index (Phi) is 4.99. The van der Waals surface area contributed by atoms with E-state index in [1.165, 1.54) is 25.3 Å². The number of carboxylic acid groups (broad SMARTS) is 1. The molecule has 21 heavy (non-hydrogen) atoms. The van der Waals surface area contributed by atoms with Gasteiger partial charge in [0.15, 0.2) is 0 Å². The summed E-state index contributed by atoms with van der Waals surface area (Å²) in [4.78, 5) is 23.5. The molecule has 1 amide bonds. The molecule has 1 fully saturated rings. The standard InChI is InChI=1S/C17H23NO3/c1-11(2)18-16(19)14-8-13(9-15(10-14)17(20)21)12-6-4-3-5-7-12/h8-12H,3-7H2,1-2H3,(H,18,19)(H,20,21). The van der Waals surface area contributed by atoms with Gasteiger partial charge in [-0.1, -0.05) is 19.3 Å². The number of aromatic carboxylic acids is 1. The molecule has 0 aromatic heterocycles. The maximum atomic E-state index is 12.2. The van der Waals surface area contributed by atoms with Crippen molar-refractivity contribution in [3.05, 3.63) is 34.9 Å². The predicted molar refractivity (Wildman–Crippen MR) is 81.8 cm³/mol. The fourth-order valence-corrected chi connectivity index (χ4v) is 2.92. The maximum Gasteiger partial charge on any atom is 0.335 e. The van der Waals surface area contributed by atoms with Gasteiger partial charge in [0, 0.05) is 11.6 Å². The summed E-state index contributed by atoms with van der Waals surface area (Å²) in [5.74, 6) is -0.805. The Labute approximate surface area is 125 Å². The summed E-state index contributed by atoms with van der Waals surface area (Å²) >= 11 is 0. The molecule has 114 valence electrons. The van der Waals surface area contributed by atoms with Crippen LogP contribution in [0, 0.1) is 0 Å². The third kappa shape index (κ3) is 4.06. The molecular weight excluding hydrogens is 266 g/mol. The van der Waals surface area contributed by atoms with Crippen LogP contribution in [0.5, 0.6) is 0 Å². The van der Waals surface area contributed by atoms with Gasteiger partial charge in [-0.05, 0) is 56.4 Å². The minimum Gasteiger partial charge on any atom is -0.478 e. The van der Waals surface area contributed by atoms with Crippen LogP contribution in [0.25, 0.3) is 0 Å². The first-order chi connectivity index (χ1) is 9.97. The Bertz CT molecular complexity index is 531. The summed E-state index contributed by atoms with van der Waals surface area (Å²) in [5, 5.41) is 12.1. The number of carbonyl (C=O) groups is 2. The van der Waals surface area contributed by atoms with Gasteiger partial charge >= 0.3 is 5.97 Å². The highest BCUT2D eigenvalue weighted by Crippen LogP contribution is 2.33. The van der Waals surface area contributed by atoms with Crippen molar-refractivity contribution in [1.82, 2.24) is 5.32 Å². The van der Waals surface area contributed by atoms with Gasteiger partial charge in [-0.3, -0.25) is 4.79 Å². The van der Waals surface area contributed by atoms with E-state index in [4.69, 9.17) is 0 Å². The van der Waals surface area contributed by atoms with Crippen molar-refractivity contribution < 1.29 is 14.7 Å². The second kappa shape index (κ2) is 6.74. The van der Waals surface area contributed by atoms with Crippen molar-refractivity contribution in [3.63, 3.8) is 0 Å². The number of carbonyl (C=O) groups excluding carboxylic acids is 1. The number of nitrogens with one attached hydrogen (secondary N) is 1. The Balaban J connectivity index is 2.33. The quantitative estimate of drug-likeness (QED) is 0.890. The van der Waals surface area contributed by atoms with E-state index in [2.05, 4.69) is 5.32 Å². The lowest BCUT2D eigenvalue weighted by atomic mass is 9.83. The summed E-state index contributed by atoms with van der Waals surface area (Å²) in [6.07, 6.45) is 5.75. The van der Waals surface area contributed by atoms with E-state index in [0.717, 1.165) is 18.4 Å². The number of rotatable bonds is 4. The molecule has 0 unspecified atom stereocenters.